The molecule has 0 bridgehead atoms. The van der Waals surface area contributed by atoms with Crippen molar-refractivity contribution in [2.75, 3.05) is 7.11 Å². The van der Waals surface area contributed by atoms with Gasteiger partial charge in [0.2, 0.25) is 5.88 Å². The van der Waals surface area contributed by atoms with Gasteiger partial charge in [-0.15, -0.1) is 0 Å². The number of hydrogen-bond acceptors (Lipinski definition) is 2. The Balaban J connectivity index is 3.10. The minimum Gasteiger partial charge on any atom is -0.481 e. The maximum Gasteiger partial charge on any atom is 0.280 e. The van der Waals surface area contributed by atoms with Crippen LogP contribution < -0.4 is 4.74 Å². The number of alkyl halides is 3. The molecule has 1 rings (SSSR count). The molecule has 0 atom stereocenters. The first-order valence-electron chi connectivity index (χ1n) is 3.57. The average Bonchev–Trinajstić information content (AvgIpc) is 2.16. The normalized spacial score (nSPS) is 10.5. The van der Waals surface area contributed by atoms with Crippen LogP contribution in [0.1, 0.15) is 17.7 Å². The fourth-order valence-corrected chi connectivity index (χ4v) is 0.901. The van der Waals surface area contributed by atoms with E-state index in [1.165, 1.54) is 19.2 Å². The van der Waals surface area contributed by atoms with Crippen LogP contribution in [0, 0.1) is 0 Å². The summed E-state index contributed by atoms with van der Waals surface area (Å²) in [5.74, 6) is 0.0625. The van der Waals surface area contributed by atoms with Gasteiger partial charge in [0.25, 0.3) is 6.43 Å². The van der Waals surface area contributed by atoms with Crippen LogP contribution in [0.2, 0.25) is 0 Å². The molecule has 0 aromatic carbocycles. The van der Waals surface area contributed by atoms with Crippen molar-refractivity contribution in [1.29, 1.82) is 0 Å². The highest BCUT2D eigenvalue weighted by Crippen LogP contribution is 2.23. The molecule has 1 aromatic heterocycles. The van der Waals surface area contributed by atoms with Crippen LogP contribution in [0.4, 0.5) is 13.2 Å². The Labute approximate surface area is 73.4 Å². The summed E-state index contributed by atoms with van der Waals surface area (Å²) in [4.78, 5) is 3.45. The zero-order valence-corrected chi connectivity index (χ0v) is 6.93. The standard InChI is InChI=1S/C8H8F3NO/c1-13-6-3-2-5(4-9)7(12-6)8(10)11/h2-3,8H,4H2,1H3. The van der Waals surface area contributed by atoms with Gasteiger partial charge in [-0.3, -0.25) is 0 Å². The van der Waals surface area contributed by atoms with Crippen LogP contribution in [-0.2, 0) is 6.67 Å². The van der Waals surface area contributed by atoms with E-state index in [1.54, 1.807) is 0 Å². The molecule has 0 saturated carbocycles. The van der Waals surface area contributed by atoms with Gasteiger partial charge in [0.15, 0.2) is 0 Å². The molecular weight excluding hydrogens is 183 g/mol. The quantitative estimate of drug-likeness (QED) is 0.732. The highest BCUT2D eigenvalue weighted by molar-refractivity contribution is 5.26. The Hall–Kier alpha value is -1.26. The predicted octanol–water partition coefficient (Wildman–Crippen LogP) is 2.50. The lowest BCUT2D eigenvalue weighted by Crippen LogP contribution is -1.99. The van der Waals surface area contributed by atoms with Crippen molar-refractivity contribution in [3.05, 3.63) is 23.4 Å². The third kappa shape index (κ3) is 2.11. The number of ether oxygens (including phenoxy) is 1. The first-order chi connectivity index (χ1) is 6.19. The molecule has 0 saturated heterocycles. The fraction of sp³-hybridized carbons (Fsp3) is 0.375. The molecule has 2 nitrogen and oxygen atoms in total. The minimum atomic E-state index is -2.78. The Morgan fingerprint density at radius 1 is 1.46 bits per heavy atom. The lowest BCUT2D eigenvalue weighted by atomic mass is 10.2. The molecule has 5 heteroatoms. The van der Waals surface area contributed by atoms with Crippen molar-refractivity contribution < 1.29 is 17.9 Å². The lowest BCUT2D eigenvalue weighted by molar-refractivity contribution is 0.142. The van der Waals surface area contributed by atoms with Gasteiger partial charge in [0.1, 0.15) is 12.4 Å². The summed E-state index contributed by atoms with van der Waals surface area (Å²) in [6.07, 6.45) is -2.78. The lowest BCUT2D eigenvalue weighted by Gasteiger charge is -2.06. The Bertz CT molecular complexity index is 291. The van der Waals surface area contributed by atoms with E-state index in [-0.39, 0.29) is 11.4 Å². The molecule has 0 amide bonds. The summed E-state index contributed by atoms with van der Waals surface area (Å²) in [5, 5.41) is 0. The van der Waals surface area contributed by atoms with Gasteiger partial charge in [0, 0.05) is 11.6 Å². The summed E-state index contributed by atoms with van der Waals surface area (Å²) in [6, 6.07) is 2.59. The maximum atomic E-state index is 12.2. The van der Waals surface area contributed by atoms with E-state index in [4.69, 9.17) is 0 Å². The molecule has 0 spiro atoms. The Morgan fingerprint density at radius 3 is 2.62 bits per heavy atom. The smallest absolute Gasteiger partial charge is 0.280 e. The van der Waals surface area contributed by atoms with Gasteiger partial charge in [-0.05, 0) is 6.07 Å². The van der Waals surface area contributed by atoms with E-state index in [1.807, 2.05) is 0 Å². The highest BCUT2D eigenvalue weighted by Gasteiger charge is 2.15. The number of pyridine rings is 1. The van der Waals surface area contributed by atoms with Crippen LogP contribution in [0.15, 0.2) is 12.1 Å². The van der Waals surface area contributed by atoms with E-state index >= 15 is 0 Å². The van der Waals surface area contributed by atoms with E-state index in [9.17, 15) is 13.2 Å². The number of aromatic nitrogens is 1. The van der Waals surface area contributed by atoms with Gasteiger partial charge in [-0.25, -0.2) is 18.2 Å². The van der Waals surface area contributed by atoms with E-state index in [0.717, 1.165) is 0 Å². The zero-order valence-electron chi connectivity index (χ0n) is 6.93. The second-order valence-corrected chi connectivity index (χ2v) is 2.33. The minimum absolute atomic E-state index is 0.0625. The Kier molecular flexibility index (Phi) is 3.11. The molecule has 72 valence electrons. The Morgan fingerprint density at radius 2 is 2.15 bits per heavy atom. The summed E-state index contributed by atoms with van der Waals surface area (Å²) < 4.78 is 41.3. The number of halogens is 3. The molecule has 0 aliphatic heterocycles. The van der Waals surface area contributed by atoms with E-state index < -0.39 is 18.8 Å². The van der Waals surface area contributed by atoms with Crippen molar-refractivity contribution in [1.82, 2.24) is 4.98 Å². The first-order valence-corrected chi connectivity index (χ1v) is 3.57. The topological polar surface area (TPSA) is 22.1 Å². The third-order valence-electron chi connectivity index (χ3n) is 1.55. The van der Waals surface area contributed by atoms with Crippen LogP contribution in [-0.4, -0.2) is 12.1 Å². The van der Waals surface area contributed by atoms with Gasteiger partial charge >= 0.3 is 0 Å². The van der Waals surface area contributed by atoms with Gasteiger partial charge in [0.05, 0.1) is 7.11 Å². The number of methoxy groups -OCH3 is 1. The van der Waals surface area contributed by atoms with E-state index in [0.29, 0.717) is 0 Å². The molecule has 1 heterocycles. The number of nitrogens with zero attached hydrogens (tertiary/aromatic N) is 1. The molecule has 1 aromatic rings. The fourth-order valence-electron chi connectivity index (χ4n) is 0.901. The molecule has 13 heavy (non-hydrogen) atoms. The molecule has 0 radical (unpaired) electrons. The zero-order chi connectivity index (χ0) is 9.84. The SMILES string of the molecule is COc1ccc(CF)c(C(F)F)n1. The van der Waals surface area contributed by atoms with Crippen molar-refractivity contribution >= 4 is 0 Å². The van der Waals surface area contributed by atoms with Crippen molar-refractivity contribution in [3.8, 4) is 5.88 Å². The van der Waals surface area contributed by atoms with Crippen LogP contribution in [0.3, 0.4) is 0 Å². The van der Waals surface area contributed by atoms with Gasteiger partial charge in [-0.1, -0.05) is 0 Å². The van der Waals surface area contributed by atoms with Crippen LogP contribution in [0.25, 0.3) is 0 Å². The third-order valence-corrected chi connectivity index (χ3v) is 1.55. The second kappa shape index (κ2) is 4.11. The van der Waals surface area contributed by atoms with E-state index in [2.05, 4.69) is 9.72 Å². The highest BCUT2D eigenvalue weighted by atomic mass is 19.3. The summed E-state index contributed by atoms with van der Waals surface area (Å²) >= 11 is 0. The largest absolute Gasteiger partial charge is 0.481 e. The van der Waals surface area contributed by atoms with Crippen molar-refractivity contribution in [2.45, 2.75) is 13.1 Å². The summed E-state index contributed by atoms with van der Waals surface area (Å²) in [5.41, 5.74) is -0.655. The van der Waals surface area contributed by atoms with Crippen LogP contribution >= 0.6 is 0 Å². The molecular formula is C8H8F3NO. The molecule has 0 aliphatic rings. The molecule has 0 N–H and O–H groups in total. The molecule has 0 aliphatic carbocycles. The number of hydrogen-bond donors (Lipinski definition) is 0. The van der Waals surface area contributed by atoms with Gasteiger partial charge in [-0.2, -0.15) is 0 Å². The van der Waals surface area contributed by atoms with Gasteiger partial charge < -0.3 is 4.74 Å². The maximum absolute atomic E-state index is 12.2. The van der Waals surface area contributed by atoms with Crippen LogP contribution in [0.5, 0.6) is 5.88 Å². The van der Waals surface area contributed by atoms with Crippen molar-refractivity contribution in [2.24, 2.45) is 0 Å². The first kappa shape index (κ1) is 9.83. The summed E-state index contributed by atoms with van der Waals surface area (Å²) in [7, 11) is 1.31. The molecule has 0 unspecified atom stereocenters. The monoisotopic (exact) mass is 191 g/mol. The average molecular weight is 191 g/mol. The molecule has 0 fully saturated rings. The second-order valence-electron chi connectivity index (χ2n) is 2.33. The summed E-state index contributed by atoms with van der Waals surface area (Å²) in [6.45, 7) is -0.948. The number of rotatable bonds is 3. The predicted molar refractivity (Wildman–Crippen MR) is 40.6 cm³/mol. The van der Waals surface area contributed by atoms with Crippen molar-refractivity contribution in [3.63, 3.8) is 0 Å².